The molecule has 0 aromatic heterocycles. The summed E-state index contributed by atoms with van der Waals surface area (Å²) < 4.78 is 16.3. The molecule has 154 valence electrons. The molecule has 6 heteroatoms. The van der Waals surface area contributed by atoms with Gasteiger partial charge in [0.1, 0.15) is 0 Å². The summed E-state index contributed by atoms with van der Waals surface area (Å²) in [5, 5.41) is 3.50. The van der Waals surface area contributed by atoms with Gasteiger partial charge in [0.05, 0.1) is 27.4 Å². The van der Waals surface area contributed by atoms with Gasteiger partial charge in [-0.05, 0) is 36.1 Å². The molecule has 0 saturated carbocycles. The van der Waals surface area contributed by atoms with Crippen LogP contribution in [0.2, 0.25) is 0 Å². The van der Waals surface area contributed by atoms with Crippen LogP contribution < -0.4 is 19.5 Å². The number of hydrogen-bond acceptors (Lipinski definition) is 5. The van der Waals surface area contributed by atoms with Gasteiger partial charge >= 0.3 is 0 Å². The Hall–Kier alpha value is -2.73. The van der Waals surface area contributed by atoms with E-state index in [0.717, 1.165) is 19.6 Å². The van der Waals surface area contributed by atoms with Gasteiger partial charge in [-0.3, -0.25) is 4.79 Å². The van der Waals surface area contributed by atoms with Crippen LogP contribution in [0.5, 0.6) is 17.2 Å². The molecular weight excluding hydrogens is 368 g/mol. The minimum absolute atomic E-state index is 0.00749. The summed E-state index contributed by atoms with van der Waals surface area (Å²) in [4.78, 5) is 15.7. The van der Waals surface area contributed by atoms with Gasteiger partial charge in [0.2, 0.25) is 5.75 Å². The van der Waals surface area contributed by atoms with E-state index in [9.17, 15) is 4.79 Å². The highest BCUT2D eigenvalue weighted by molar-refractivity contribution is 5.96. The van der Waals surface area contributed by atoms with Crippen molar-refractivity contribution in [3.05, 3.63) is 53.1 Å². The summed E-state index contributed by atoms with van der Waals surface area (Å²) in [6.07, 6.45) is 0. The molecule has 3 atom stereocenters. The standard InChI is InChI=1S/C23H28N2O4/c1-14-7-5-6-8-17(14)21-18-12-24-11-16(18)13-25(21)23(26)15-9-19(27-2)22(29-4)20(10-15)28-3/h5-10,16,18,21,24H,11-13H2,1-4H3/t16-,18-,21-/m0/s1. The summed E-state index contributed by atoms with van der Waals surface area (Å²) in [5.41, 5.74) is 2.99. The molecular formula is C23H28N2O4. The van der Waals surface area contributed by atoms with Crippen LogP contribution in [0.4, 0.5) is 0 Å². The third kappa shape index (κ3) is 3.31. The van der Waals surface area contributed by atoms with Crippen molar-refractivity contribution in [3.8, 4) is 17.2 Å². The highest BCUT2D eigenvalue weighted by Crippen LogP contribution is 2.45. The molecule has 2 aromatic carbocycles. The topological polar surface area (TPSA) is 60.0 Å². The number of rotatable bonds is 5. The monoisotopic (exact) mass is 396 g/mol. The fourth-order valence-electron chi connectivity index (χ4n) is 4.82. The molecule has 0 bridgehead atoms. The number of amides is 1. The molecule has 2 fully saturated rings. The summed E-state index contributed by atoms with van der Waals surface area (Å²) in [7, 11) is 4.69. The molecule has 0 radical (unpaired) electrons. The molecule has 4 rings (SSSR count). The van der Waals surface area contributed by atoms with Gasteiger partial charge in [-0.15, -0.1) is 0 Å². The molecule has 0 aliphatic carbocycles. The number of nitrogens with one attached hydrogen (secondary N) is 1. The Balaban J connectivity index is 1.75. The lowest BCUT2D eigenvalue weighted by molar-refractivity contribution is 0.0713. The van der Waals surface area contributed by atoms with E-state index in [2.05, 4.69) is 30.4 Å². The van der Waals surface area contributed by atoms with Crippen molar-refractivity contribution in [1.82, 2.24) is 10.2 Å². The van der Waals surface area contributed by atoms with Crippen molar-refractivity contribution >= 4 is 5.91 Å². The number of aryl methyl sites for hydroxylation is 1. The number of benzene rings is 2. The van der Waals surface area contributed by atoms with E-state index in [-0.39, 0.29) is 11.9 Å². The largest absolute Gasteiger partial charge is 0.493 e. The molecule has 1 N–H and O–H groups in total. The smallest absolute Gasteiger partial charge is 0.254 e. The molecule has 2 aromatic rings. The lowest BCUT2D eigenvalue weighted by Crippen LogP contribution is -2.35. The molecule has 0 spiro atoms. The lowest BCUT2D eigenvalue weighted by atomic mass is 9.87. The van der Waals surface area contributed by atoms with E-state index in [0.29, 0.717) is 34.6 Å². The highest BCUT2D eigenvalue weighted by atomic mass is 16.5. The van der Waals surface area contributed by atoms with E-state index in [1.807, 2.05) is 11.0 Å². The first-order valence-corrected chi connectivity index (χ1v) is 9.96. The maximum atomic E-state index is 13.7. The Morgan fingerprint density at radius 2 is 1.72 bits per heavy atom. The Morgan fingerprint density at radius 1 is 1.03 bits per heavy atom. The van der Waals surface area contributed by atoms with Crippen molar-refractivity contribution in [2.45, 2.75) is 13.0 Å². The minimum Gasteiger partial charge on any atom is -0.493 e. The lowest BCUT2D eigenvalue weighted by Gasteiger charge is -2.30. The van der Waals surface area contributed by atoms with Crippen LogP contribution in [0, 0.1) is 18.8 Å². The maximum absolute atomic E-state index is 13.7. The summed E-state index contributed by atoms with van der Waals surface area (Å²) >= 11 is 0. The maximum Gasteiger partial charge on any atom is 0.254 e. The van der Waals surface area contributed by atoms with Crippen LogP contribution >= 0.6 is 0 Å². The molecule has 2 aliphatic heterocycles. The van der Waals surface area contributed by atoms with E-state index in [1.54, 1.807) is 33.5 Å². The SMILES string of the molecule is COc1cc(C(=O)N2C[C@@H]3CNC[C@@H]3[C@@H]2c2ccccc2C)cc(OC)c1OC. The highest BCUT2D eigenvalue weighted by Gasteiger charge is 2.47. The van der Waals surface area contributed by atoms with Crippen molar-refractivity contribution in [1.29, 1.82) is 0 Å². The summed E-state index contributed by atoms with van der Waals surface area (Å²) in [6.45, 7) is 4.74. The Kier molecular flexibility index (Phi) is 5.37. The van der Waals surface area contributed by atoms with Crippen molar-refractivity contribution in [2.24, 2.45) is 11.8 Å². The third-order valence-corrected chi connectivity index (χ3v) is 6.24. The molecule has 2 saturated heterocycles. The predicted octanol–water partition coefficient (Wildman–Crippen LogP) is 3.05. The van der Waals surface area contributed by atoms with Crippen LogP contribution in [0.25, 0.3) is 0 Å². The Labute approximate surface area is 171 Å². The van der Waals surface area contributed by atoms with E-state index in [4.69, 9.17) is 14.2 Å². The first kappa shape index (κ1) is 19.6. The summed E-state index contributed by atoms with van der Waals surface area (Å²) in [6, 6.07) is 11.9. The van der Waals surface area contributed by atoms with Crippen LogP contribution in [0.3, 0.4) is 0 Å². The zero-order valence-corrected chi connectivity index (χ0v) is 17.4. The quantitative estimate of drug-likeness (QED) is 0.842. The van der Waals surface area contributed by atoms with Crippen LogP contribution in [-0.4, -0.2) is 51.8 Å². The van der Waals surface area contributed by atoms with Gasteiger partial charge in [-0.2, -0.15) is 0 Å². The van der Waals surface area contributed by atoms with Crippen molar-refractivity contribution in [3.63, 3.8) is 0 Å². The second-order valence-electron chi connectivity index (χ2n) is 7.76. The molecule has 29 heavy (non-hydrogen) atoms. The van der Waals surface area contributed by atoms with Gasteiger partial charge in [-0.1, -0.05) is 24.3 Å². The normalized spacial score (nSPS) is 23.0. The van der Waals surface area contributed by atoms with Gasteiger partial charge in [-0.25, -0.2) is 0 Å². The number of fused-ring (bicyclic) bond motifs is 1. The Bertz CT molecular complexity index is 888. The number of likely N-dealkylation sites (tertiary alicyclic amines) is 1. The van der Waals surface area contributed by atoms with E-state index in [1.165, 1.54) is 11.1 Å². The third-order valence-electron chi connectivity index (χ3n) is 6.24. The number of ether oxygens (including phenoxy) is 3. The van der Waals surface area contributed by atoms with E-state index >= 15 is 0 Å². The predicted molar refractivity (Wildman–Crippen MR) is 111 cm³/mol. The molecule has 2 aliphatic rings. The van der Waals surface area contributed by atoms with Crippen LogP contribution in [0.15, 0.2) is 36.4 Å². The fourth-order valence-corrected chi connectivity index (χ4v) is 4.82. The van der Waals surface area contributed by atoms with Crippen LogP contribution in [-0.2, 0) is 0 Å². The number of carbonyl (C=O) groups excluding carboxylic acids is 1. The summed E-state index contributed by atoms with van der Waals surface area (Å²) in [5.74, 6) is 2.34. The molecule has 1 amide bonds. The molecule has 6 nitrogen and oxygen atoms in total. The zero-order chi connectivity index (χ0) is 20.5. The molecule has 0 unspecified atom stereocenters. The van der Waals surface area contributed by atoms with Crippen LogP contribution in [0.1, 0.15) is 27.5 Å². The number of carbonyl (C=O) groups is 1. The number of nitrogens with zero attached hydrogens (tertiary/aromatic N) is 1. The second-order valence-corrected chi connectivity index (χ2v) is 7.76. The second kappa shape index (κ2) is 7.95. The first-order valence-electron chi connectivity index (χ1n) is 9.96. The Morgan fingerprint density at radius 3 is 2.34 bits per heavy atom. The molecule has 2 heterocycles. The van der Waals surface area contributed by atoms with Gasteiger partial charge in [0.15, 0.2) is 11.5 Å². The average Bonchev–Trinajstić information content (AvgIpc) is 3.34. The van der Waals surface area contributed by atoms with Crippen molar-refractivity contribution < 1.29 is 19.0 Å². The number of hydrogen-bond donors (Lipinski definition) is 1. The van der Waals surface area contributed by atoms with Gasteiger partial charge in [0.25, 0.3) is 5.91 Å². The number of methoxy groups -OCH3 is 3. The minimum atomic E-state index is -0.00749. The van der Waals surface area contributed by atoms with Crippen molar-refractivity contribution in [2.75, 3.05) is 41.0 Å². The first-order chi connectivity index (χ1) is 14.1. The van der Waals surface area contributed by atoms with Gasteiger partial charge in [0, 0.05) is 31.1 Å². The zero-order valence-electron chi connectivity index (χ0n) is 17.4. The van der Waals surface area contributed by atoms with E-state index < -0.39 is 0 Å². The fraction of sp³-hybridized carbons (Fsp3) is 0.435. The van der Waals surface area contributed by atoms with Gasteiger partial charge < -0.3 is 24.4 Å². The average molecular weight is 396 g/mol.